The molecule has 130 valence electrons. The molecule has 0 bridgehead atoms. The fraction of sp³-hybridized carbons (Fsp3) is 0.150. The predicted molar refractivity (Wildman–Crippen MR) is 102 cm³/mol. The number of carbonyl (C=O) groups excluding carboxylic acids is 1. The Morgan fingerprint density at radius 3 is 2.85 bits per heavy atom. The molecule has 4 rings (SSSR count). The second kappa shape index (κ2) is 7.23. The number of fused-ring (bicyclic) bond motifs is 1. The summed E-state index contributed by atoms with van der Waals surface area (Å²) in [5.41, 5.74) is 4.32. The third-order valence-corrected chi connectivity index (χ3v) is 4.28. The van der Waals surface area contributed by atoms with E-state index in [0.717, 1.165) is 41.3 Å². The molecular formula is C20H19N5O. The number of carbonyl (C=O) groups is 1. The molecule has 3 heterocycles. The van der Waals surface area contributed by atoms with Crippen molar-refractivity contribution in [3.8, 4) is 11.1 Å². The van der Waals surface area contributed by atoms with Gasteiger partial charge in [-0.05, 0) is 29.3 Å². The summed E-state index contributed by atoms with van der Waals surface area (Å²) in [5, 5.41) is 9.55. The molecule has 0 spiro atoms. The van der Waals surface area contributed by atoms with Crippen molar-refractivity contribution in [1.82, 2.24) is 15.3 Å². The summed E-state index contributed by atoms with van der Waals surface area (Å²) in [6.45, 7) is 2.15. The zero-order chi connectivity index (χ0) is 17.8. The fourth-order valence-corrected chi connectivity index (χ4v) is 2.98. The summed E-state index contributed by atoms with van der Waals surface area (Å²) in [4.78, 5) is 21.3. The van der Waals surface area contributed by atoms with Gasteiger partial charge in [-0.1, -0.05) is 24.3 Å². The van der Waals surface area contributed by atoms with Crippen molar-refractivity contribution in [2.24, 2.45) is 0 Å². The van der Waals surface area contributed by atoms with Crippen LogP contribution >= 0.6 is 0 Å². The SMILES string of the molecule is O=C(NCc1cccnc1)c1ccccc1-c1cnc2c(c1)NCCN2. The molecule has 0 aliphatic carbocycles. The first-order valence-corrected chi connectivity index (χ1v) is 8.55. The average Bonchev–Trinajstić information content (AvgIpc) is 2.72. The minimum Gasteiger partial charge on any atom is -0.380 e. The van der Waals surface area contributed by atoms with Crippen LogP contribution in [0.2, 0.25) is 0 Å². The molecule has 0 saturated heterocycles. The summed E-state index contributed by atoms with van der Waals surface area (Å²) in [5.74, 6) is 0.728. The Morgan fingerprint density at radius 2 is 1.96 bits per heavy atom. The van der Waals surface area contributed by atoms with Gasteiger partial charge in [0.25, 0.3) is 5.91 Å². The maximum absolute atomic E-state index is 12.7. The Morgan fingerprint density at radius 1 is 1.08 bits per heavy atom. The molecule has 1 amide bonds. The first-order chi connectivity index (χ1) is 12.8. The molecule has 0 radical (unpaired) electrons. The molecule has 0 unspecified atom stereocenters. The van der Waals surface area contributed by atoms with Gasteiger partial charge in [0.1, 0.15) is 5.82 Å². The number of rotatable bonds is 4. The van der Waals surface area contributed by atoms with Crippen molar-refractivity contribution >= 4 is 17.4 Å². The number of aromatic nitrogens is 2. The molecule has 1 aromatic carbocycles. The van der Waals surface area contributed by atoms with Crippen LogP contribution in [0.25, 0.3) is 11.1 Å². The van der Waals surface area contributed by atoms with Crippen molar-refractivity contribution in [2.75, 3.05) is 23.7 Å². The van der Waals surface area contributed by atoms with Crippen LogP contribution in [-0.2, 0) is 6.54 Å². The van der Waals surface area contributed by atoms with Gasteiger partial charge >= 0.3 is 0 Å². The van der Waals surface area contributed by atoms with E-state index in [2.05, 4.69) is 25.9 Å². The van der Waals surface area contributed by atoms with E-state index in [1.165, 1.54) is 0 Å². The van der Waals surface area contributed by atoms with E-state index in [-0.39, 0.29) is 5.91 Å². The van der Waals surface area contributed by atoms with Crippen molar-refractivity contribution < 1.29 is 4.79 Å². The van der Waals surface area contributed by atoms with Gasteiger partial charge in [-0.2, -0.15) is 0 Å². The topological polar surface area (TPSA) is 78.9 Å². The van der Waals surface area contributed by atoms with Crippen LogP contribution in [0.15, 0.2) is 61.1 Å². The molecule has 3 aromatic rings. The monoisotopic (exact) mass is 345 g/mol. The molecule has 1 aliphatic rings. The lowest BCUT2D eigenvalue weighted by Crippen LogP contribution is -2.23. The fourth-order valence-electron chi connectivity index (χ4n) is 2.98. The summed E-state index contributed by atoms with van der Waals surface area (Å²) >= 11 is 0. The van der Waals surface area contributed by atoms with Crippen LogP contribution in [-0.4, -0.2) is 29.0 Å². The number of anilines is 2. The summed E-state index contributed by atoms with van der Waals surface area (Å²) in [6.07, 6.45) is 5.26. The van der Waals surface area contributed by atoms with E-state index in [1.54, 1.807) is 18.6 Å². The zero-order valence-electron chi connectivity index (χ0n) is 14.2. The van der Waals surface area contributed by atoms with Crippen LogP contribution in [0, 0.1) is 0 Å². The zero-order valence-corrected chi connectivity index (χ0v) is 14.2. The summed E-state index contributed by atoms with van der Waals surface area (Å²) in [6, 6.07) is 13.4. The van der Waals surface area contributed by atoms with Gasteiger partial charge in [-0.3, -0.25) is 9.78 Å². The Bertz CT molecular complexity index is 926. The van der Waals surface area contributed by atoms with E-state index >= 15 is 0 Å². The maximum Gasteiger partial charge on any atom is 0.252 e. The van der Waals surface area contributed by atoms with Crippen molar-refractivity contribution in [3.05, 3.63) is 72.2 Å². The molecule has 0 fully saturated rings. The second-order valence-electron chi connectivity index (χ2n) is 6.06. The van der Waals surface area contributed by atoms with E-state index < -0.39 is 0 Å². The van der Waals surface area contributed by atoms with Crippen LogP contribution in [0.5, 0.6) is 0 Å². The quantitative estimate of drug-likeness (QED) is 0.678. The smallest absolute Gasteiger partial charge is 0.252 e. The highest BCUT2D eigenvalue weighted by Gasteiger charge is 2.15. The lowest BCUT2D eigenvalue weighted by molar-refractivity contribution is 0.0951. The number of nitrogens with one attached hydrogen (secondary N) is 3. The Kier molecular flexibility index (Phi) is 4.47. The molecule has 6 heteroatoms. The highest BCUT2D eigenvalue weighted by Crippen LogP contribution is 2.30. The van der Waals surface area contributed by atoms with E-state index in [9.17, 15) is 4.79 Å². The first-order valence-electron chi connectivity index (χ1n) is 8.55. The molecule has 1 aliphatic heterocycles. The maximum atomic E-state index is 12.7. The van der Waals surface area contributed by atoms with Crippen molar-refractivity contribution in [1.29, 1.82) is 0 Å². The average molecular weight is 345 g/mol. The minimum atomic E-state index is -0.117. The third-order valence-electron chi connectivity index (χ3n) is 4.28. The standard InChI is InChI=1S/C20H19N5O/c26-20(25-12-14-4-3-7-21-11-14)17-6-2-1-5-16(17)15-10-18-19(24-13-15)23-9-8-22-18/h1-7,10-11,13,22H,8-9,12H2,(H,23,24)(H,25,26). The van der Waals surface area contributed by atoms with Gasteiger partial charge in [-0.15, -0.1) is 0 Å². The lowest BCUT2D eigenvalue weighted by Gasteiger charge is -2.20. The highest BCUT2D eigenvalue weighted by molar-refractivity contribution is 6.01. The Balaban J connectivity index is 1.59. The second-order valence-corrected chi connectivity index (χ2v) is 6.06. The van der Waals surface area contributed by atoms with Crippen LogP contribution in [0.1, 0.15) is 15.9 Å². The predicted octanol–water partition coefficient (Wildman–Crippen LogP) is 2.91. The van der Waals surface area contributed by atoms with Gasteiger partial charge in [0.15, 0.2) is 0 Å². The summed E-state index contributed by atoms with van der Waals surface area (Å²) in [7, 11) is 0. The number of hydrogen-bond donors (Lipinski definition) is 3. The number of nitrogens with zero attached hydrogens (tertiary/aromatic N) is 2. The molecule has 6 nitrogen and oxygen atoms in total. The molecule has 26 heavy (non-hydrogen) atoms. The van der Waals surface area contributed by atoms with Gasteiger partial charge in [0, 0.05) is 49.4 Å². The largest absolute Gasteiger partial charge is 0.380 e. The van der Waals surface area contributed by atoms with Crippen molar-refractivity contribution in [3.63, 3.8) is 0 Å². The van der Waals surface area contributed by atoms with Crippen LogP contribution in [0.3, 0.4) is 0 Å². The molecule has 0 atom stereocenters. The molecule has 2 aromatic heterocycles. The van der Waals surface area contributed by atoms with Crippen LogP contribution in [0.4, 0.5) is 11.5 Å². The molecule has 0 saturated carbocycles. The molecule has 3 N–H and O–H groups in total. The minimum absolute atomic E-state index is 0.117. The van der Waals surface area contributed by atoms with E-state index in [4.69, 9.17) is 0 Å². The lowest BCUT2D eigenvalue weighted by atomic mass is 10.00. The van der Waals surface area contributed by atoms with Gasteiger partial charge in [0.05, 0.1) is 5.69 Å². The molecular weight excluding hydrogens is 326 g/mol. The number of hydrogen-bond acceptors (Lipinski definition) is 5. The Labute approximate surface area is 151 Å². The van der Waals surface area contributed by atoms with E-state index in [0.29, 0.717) is 12.1 Å². The highest BCUT2D eigenvalue weighted by atomic mass is 16.1. The number of benzene rings is 1. The van der Waals surface area contributed by atoms with Crippen LogP contribution < -0.4 is 16.0 Å². The van der Waals surface area contributed by atoms with Gasteiger partial charge in [0.2, 0.25) is 0 Å². The summed E-state index contributed by atoms with van der Waals surface area (Å²) < 4.78 is 0. The van der Waals surface area contributed by atoms with E-state index in [1.807, 2.05) is 42.5 Å². The Hall–Kier alpha value is -3.41. The van der Waals surface area contributed by atoms with Gasteiger partial charge in [-0.25, -0.2) is 4.98 Å². The number of pyridine rings is 2. The van der Waals surface area contributed by atoms with Gasteiger partial charge < -0.3 is 16.0 Å². The van der Waals surface area contributed by atoms with Crippen molar-refractivity contribution in [2.45, 2.75) is 6.54 Å². The normalized spacial score (nSPS) is 12.5. The first kappa shape index (κ1) is 16.1. The third kappa shape index (κ3) is 3.35. The number of amides is 1.